The van der Waals surface area contributed by atoms with E-state index < -0.39 is 74.6 Å². The third kappa shape index (κ3) is 3.65. The summed E-state index contributed by atoms with van der Waals surface area (Å²) in [6.07, 6.45) is -15.3. The second kappa shape index (κ2) is 7.63. The summed E-state index contributed by atoms with van der Waals surface area (Å²) in [6, 6.07) is 0. The van der Waals surface area contributed by atoms with Gasteiger partial charge in [-0.2, -0.15) is 0 Å². The molecule has 0 amide bonds. The van der Waals surface area contributed by atoms with Crippen molar-refractivity contribution in [2.75, 3.05) is 13.2 Å². The van der Waals surface area contributed by atoms with Crippen LogP contribution in [0.1, 0.15) is 0 Å². The number of ether oxygens (including phenoxy) is 3. The fraction of sp³-hybridized carbons (Fsp3) is 1.00. The van der Waals surface area contributed by atoms with Crippen molar-refractivity contribution in [3.63, 3.8) is 0 Å². The number of hydrogen-bond acceptors (Lipinski definition) is 11. The number of rotatable bonds is 5. The molecule has 0 aromatic rings. The topological polar surface area (TPSA) is 190 Å². The molecule has 0 aliphatic carbocycles. The lowest BCUT2D eigenvalue weighted by molar-refractivity contribution is -0.322. The van der Waals surface area contributed by atoms with Crippen molar-refractivity contribution >= 4 is 0 Å². The number of aliphatic hydroxyl groups is 8. The van der Waals surface area contributed by atoms with Gasteiger partial charge in [0.05, 0.1) is 13.2 Å². The average molecular weight is 342 g/mol. The SMILES string of the molecule is OC[C@@H](O)[C@@H]1O[C@@H](O[C@@H]2[C@@H](O)[C@H](O)O[C@H](CO)[C@@H]2O)[C@H](O)[C@H]1O. The average Bonchev–Trinajstić information content (AvgIpc) is 2.82. The summed E-state index contributed by atoms with van der Waals surface area (Å²) in [5.74, 6) is 0. The molecule has 2 heterocycles. The van der Waals surface area contributed by atoms with E-state index in [4.69, 9.17) is 24.4 Å². The highest BCUT2D eigenvalue weighted by Gasteiger charge is 2.51. The highest BCUT2D eigenvalue weighted by atomic mass is 16.7. The van der Waals surface area contributed by atoms with E-state index in [2.05, 4.69) is 0 Å². The molecule has 0 aromatic carbocycles. The molecule has 0 bridgehead atoms. The standard InChI is InChI=1S/C12H22O11/c13-1-3(15)9-6(17)7(18)12(22-9)23-10-5(16)4(2-14)21-11(20)8(10)19/h3-20H,1-2H2/t3-,4-,5+,6-,7-,8-,9+,10+,11-,12+/m1/s1. The maximum absolute atomic E-state index is 9.98. The number of hydrogen-bond donors (Lipinski definition) is 8. The first-order valence-corrected chi connectivity index (χ1v) is 7.08. The Bertz CT molecular complexity index is 382. The van der Waals surface area contributed by atoms with Crippen LogP contribution < -0.4 is 0 Å². The van der Waals surface area contributed by atoms with Crippen LogP contribution in [-0.2, 0) is 14.2 Å². The maximum Gasteiger partial charge on any atom is 0.187 e. The Labute approximate surface area is 130 Å². The Hall–Kier alpha value is -0.440. The lowest BCUT2D eigenvalue weighted by Gasteiger charge is -2.41. The van der Waals surface area contributed by atoms with Crippen LogP contribution in [0.3, 0.4) is 0 Å². The zero-order valence-electron chi connectivity index (χ0n) is 12.0. The molecule has 2 aliphatic heterocycles. The van der Waals surface area contributed by atoms with Gasteiger partial charge in [0.1, 0.15) is 48.8 Å². The van der Waals surface area contributed by atoms with E-state index in [9.17, 15) is 30.6 Å². The molecule has 2 saturated heterocycles. The van der Waals surface area contributed by atoms with Gasteiger partial charge >= 0.3 is 0 Å². The summed E-state index contributed by atoms with van der Waals surface area (Å²) < 4.78 is 15.1. The molecule has 23 heavy (non-hydrogen) atoms. The van der Waals surface area contributed by atoms with Crippen molar-refractivity contribution in [3.8, 4) is 0 Å². The first kappa shape index (κ1) is 18.9. The van der Waals surface area contributed by atoms with Crippen LogP contribution >= 0.6 is 0 Å². The molecule has 11 heteroatoms. The Morgan fingerprint density at radius 3 is 2.09 bits per heavy atom. The molecular formula is C12H22O11. The predicted molar refractivity (Wildman–Crippen MR) is 68.6 cm³/mol. The van der Waals surface area contributed by atoms with Crippen LogP contribution in [0.15, 0.2) is 0 Å². The number of aliphatic hydroxyl groups excluding tert-OH is 8. The normalized spacial score (nSPS) is 49.3. The summed E-state index contributed by atoms with van der Waals surface area (Å²) in [5, 5.41) is 76.4. The van der Waals surface area contributed by atoms with Crippen LogP contribution in [-0.4, -0.2) is 115 Å². The zero-order chi connectivity index (χ0) is 17.3. The quantitative estimate of drug-likeness (QED) is 0.238. The van der Waals surface area contributed by atoms with E-state index in [1.165, 1.54) is 0 Å². The van der Waals surface area contributed by atoms with Gasteiger partial charge in [0.15, 0.2) is 12.6 Å². The summed E-state index contributed by atoms with van der Waals surface area (Å²) in [6.45, 7) is -1.39. The van der Waals surface area contributed by atoms with Crippen LogP contribution in [0.4, 0.5) is 0 Å². The Kier molecular flexibility index (Phi) is 6.27. The molecule has 0 radical (unpaired) electrons. The molecule has 0 aromatic heterocycles. The van der Waals surface area contributed by atoms with Gasteiger partial charge in [-0.25, -0.2) is 0 Å². The van der Waals surface area contributed by atoms with Crippen molar-refractivity contribution in [1.29, 1.82) is 0 Å². The first-order chi connectivity index (χ1) is 10.8. The third-order valence-corrected chi connectivity index (χ3v) is 3.95. The van der Waals surface area contributed by atoms with Gasteiger partial charge in [-0.3, -0.25) is 0 Å². The summed E-state index contributed by atoms with van der Waals surface area (Å²) in [4.78, 5) is 0. The van der Waals surface area contributed by atoms with Crippen molar-refractivity contribution < 1.29 is 55.1 Å². The molecule has 2 aliphatic rings. The van der Waals surface area contributed by atoms with Gasteiger partial charge in [-0.15, -0.1) is 0 Å². The van der Waals surface area contributed by atoms with Crippen molar-refractivity contribution in [2.45, 2.75) is 61.4 Å². The molecule has 2 rings (SSSR count). The van der Waals surface area contributed by atoms with Crippen molar-refractivity contribution in [1.82, 2.24) is 0 Å². The van der Waals surface area contributed by atoms with Gasteiger partial charge in [-0.05, 0) is 0 Å². The van der Waals surface area contributed by atoms with Crippen LogP contribution in [0, 0.1) is 0 Å². The van der Waals surface area contributed by atoms with E-state index in [0.717, 1.165) is 0 Å². The fourth-order valence-electron chi connectivity index (χ4n) is 2.59. The van der Waals surface area contributed by atoms with Crippen molar-refractivity contribution in [2.24, 2.45) is 0 Å². The van der Waals surface area contributed by atoms with Crippen LogP contribution in [0.5, 0.6) is 0 Å². The summed E-state index contributed by atoms with van der Waals surface area (Å²) in [5.41, 5.74) is 0. The lowest BCUT2D eigenvalue weighted by Crippen LogP contribution is -2.60. The molecule has 0 unspecified atom stereocenters. The van der Waals surface area contributed by atoms with Crippen LogP contribution in [0.2, 0.25) is 0 Å². The fourth-order valence-corrected chi connectivity index (χ4v) is 2.59. The van der Waals surface area contributed by atoms with E-state index >= 15 is 0 Å². The largest absolute Gasteiger partial charge is 0.394 e. The van der Waals surface area contributed by atoms with E-state index in [1.807, 2.05) is 0 Å². The minimum atomic E-state index is -1.75. The first-order valence-electron chi connectivity index (χ1n) is 7.08. The summed E-state index contributed by atoms with van der Waals surface area (Å²) in [7, 11) is 0. The minimum absolute atomic E-state index is 0.659. The Morgan fingerprint density at radius 1 is 0.870 bits per heavy atom. The Morgan fingerprint density at radius 2 is 1.52 bits per heavy atom. The molecule has 0 spiro atoms. The van der Waals surface area contributed by atoms with Crippen molar-refractivity contribution in [3.05, 3.63) is 0 Å². The second-order valence-electron chi connectivity index (χ2n) is 5.53. The van der Waals surface area contributed by atoms with Gasteiger partial charge in [0.25, 0.3) is 0 Å². The smallest absolute Gasteiger partial charge is 0.187 e. The Balaban J connectivity index is 2.07. The van der Waals surface area contributed by atoms with Gasteiger partial charge in [0.2, 0.25) is 0 Å². The van der Waals surface area contributed by atoms with E-state index in [1.54, 1.807) is 0 Å². The molecular weight excluding hydrogens is 320 g/mol. The van der Waals surface area contributed by atoms with E-state index in [0.29, 0.717) is 0 Å². The molecule has 2 fully saturated rings. The monoisotopic (exact) mass is 342 g/mol. The second-order valence-corrected chi connectivity index (χ2v) is 5.53. The summed E-state index contributed by atoms with van der Waals surface area (Å²) >= 11 is 0. The molecule has 0 saturated carbocycles. The lowest BCUT2D eigenvalue weighted by atomic mass is 9.99. The van der Waals surface area contributed by atoms with Gasteiger partial charge < -0.3 is 55.1 Å². The van der Waals surface area contributed by atoms with E-state index in [-0.39, 0.29) is 0 Å². The highest BCUT2D eigenvalue weighted by Crippen LogP contribution is 2.29. The van der Waals surface area contributed by atoms with Gasteiger partial charge in [-0.1, -0.05) is 0 Å². The molecule has 136 valence electrons. The maximum atomic E-state index is 9.98. The third-order valence-electron chi connectivity index (χ3n) is 3.95. The minimum Gasteiger partial charge on any atom is -0.394 e. The van der Waals surface area contributed by atoms with Gasteiger partial charge in [0, 0.05) is 0 Å². The zero-order valence-corrected chi connectivity index (χ0v) is 12.0. The highest BCUT2D eigenvalue weighted by molar-refractivity contribution is 4.94. The molecule has 11 nitrogen and oxygen atoms in total. The predicted octanol–water partition coefficient (Wildman–Crippen LogP) is -5.40. The molecule has 10 atom stereocenters. The molecule has 8 N–H and O–H groups in total. The van der Waals surface area contributed by atoms with Crippen LogP contribution in [0.25, 0.3) is 0 Å².